The van der Waals surface area contributed by atoms with Crippen molar-refractivity contribution in [2.75, 3.05) is 27.3 Å². The Morgan fingerprint density at radius 1 is 1.09 bits per heavy atom. The lowest BCUT2D eigenvalue weighted by molar-refractivity contribution is -0.126. The molecule has 1 fully saturated rings. The van der Waals surface area contributed by atoms with E-state index < -0.39 is 15.8 Å². The van der Waals surface area contributed by atoms with Crippen LogP contribution >= 0.6 is 0 Å². The molecule has 0 aliphatic carbocycles. The minimum Gasteiger partial charge on any atom is -0.493 e. The Morgan fingerprint density at radius 3 is 2.28 bits per heavy atom. The lowest BCUT2D eigenvalue weighted by Gasteiger charge is -2.31. The Balaban J connectivity index is 1.63. The third-order valence-corrected chi connectivity index (χ3v) is 7.72. The second kappa shape index (κ2) is 10.3. The minimum atomic E-state index is -3.70. The molecule has 0 aromatic heterocycles. The number of nitrogens with one attached hydrogen (secondary N) is 1. The number of halogens is 1. The van der Waals surface area contributed by atoms with Crippen LogP contribution in [0.2, 0.25) is 0 Å². The van der Waals surface area contributed by atoms with E-state index in [-0.39, 0.29) is 35.9 Å². The molecule has 1 N–H and O–H groups in total. The highest BCUT2D eigenvalue weighted by atomic mass is 32.2. The predicted molar refractivity (Wildman–Crippen MR) is 119 cm³/mol. The Kier molecular flexibility index (Phi) is 7.73. The van der Waals surface area contributed by atoms with Gasteiger partial charge in [0.1, 0.15) is 5.82 Å². The summed E-state index contributed by atoms with van der Waals surface area (Å²) in [5, 5.41) is 3.09. The predicted octanol–water partition coefficient (Wildman–Crippen LogP) is 3.51. The lowest BCUT2D eigenvalue weighted by Crippen LogP contribution is -2.43. The third-order valence-electron chi connectivity index (χ3n) is 5.81. The molecule has 1 aliphatic rings. The van der Waals surface area contributed by atoms with Crippen molar-refractivity contribution in [3.05, 3.63) is 53.8 Å². The molecular weight excluding hydrogens is 435 g/mol. The number of sulfonamides is 1. The number of rotatable bonds is 8. The van der Waals surface area contributed by atoms with Crippen molar-refractivity contribution in [1.82, 2.24) is 9.62 Å². The van der Waals surface area contributed by atoms with Crippen molar-refractivity contribution in [3.63, 3.8) is 0 Å². The molecule has 0 radical (unpaired) electrons. The van der Waals surface area contributed by atoms with Crippen LogP contribution in [0.5, 0.6) is 11.5 Å². The fourth-order valence-corrected chi connectivity index (χ4v) is 5.36. The first-order valence-electron chi connectivity index (χ1n) is 10.6. The number of nitrogens with zero attached hydrogens (tertiary/aromatic N) is 1. The molecule has 2 aromatic carbocycles. The van der Waals surface area contributed by atoms with E-state index in [1.165, 1.54) is 16.4 Å². The number of benzene rings is 2. The second-order valence-corrected chi connectivity index (χ2v) is 9.65. The highest BCUT2D eigenvalue weighted by Gasteiger charge is 2.32. The number of carbonyl (C=O) groups excluding carboxylic acids is 1. The largest absolute Gasteiger partial charge is 0.493 e. The first-order chi connectivity index (χ1) is 15.3. The van der Waals surface area contributed by atoms with Gasteiger partial charge in [-0.2, -0.15) is 4.31 Å². The fraction of sp³-hybridized carbons (Fsp3) is 0.435. The van der Waals surface area contributed by atoms with Crippen LogP contribution in [0, 0.1) is 11.7 Å². The van der Waals surface area contributed by atoms with E-state index in [0.29, 0.717) is 30.8 Å². The van der Waals surface area contributed by atoms with E-state index in [1.54, 1.807) is 14.2 Å². The van der Waals surface area contributed by atoms with Gasteiger partial charge in [0.05, 0.1) is 25.2 Å². The summed E-state index contributed by atoms with van der Waals surface area (Å²) in [5.74, 6) is 0.359. The minimum absolute atomic E-state index is 0.0568. The summed E-state index contributed by atoms with van der Waals surface area (Å²) in [4.78, 5) is 13.0. The van der Waals surface area contributed by atoms with E-state index in [0.717, 1.165) is 17.7 Å². The van der Waals surface area contributed by atoms with Gasteiger partial charge < -0.3 is 14.8 Å². The highest BCUT2D eigenvalue weighted by Crippen LogP contribution is 2.31. The van der Waals surface area contributed by atoms with Gasteiger partial charge in [0, 0.05) is 19.0 Å². The van der Waals surface area contributed by atoms with Gasteiger partial charge in [-0.05, 0) is 61.2 Å². The van der Waals surface area contributed by atoms with Gasteiger partial charge in [-0.1, -0.05) is 13.0 Å². The standard InChI is InChI=1S/C23H29FN2O5S/c1-4-20(17-5-10-21(30-2)22(15-17)31-3)25-23(27)16-11-13-26(14-12-16)32(28,29)19-8-6-18(24)7-9-19/h5-10,15-16,20H,4,11-14H2,1-3H3,(H,25,27)/t20-/m1/s1. The molecule has 9 heteroatoms. The maximum absolute atomic E-state index is 13.1. The van der Waals surface area contributed by atoms with Crippen LogP contribution in [0.15, 0.2) is 47.4 Å². The van der Waals surface area contributed by atoms with Gasteiger partial charge in [0.25, 0.3) is 0 Å². The first kappa shape index (κ1) is 24.0. The zero-order chi connectivity index (χ0) is 23.3. The number of hydrogen-bond acceptors (Lipinski definition) is 5. The van der Waals surface area contributed by atoms with E-state index in [1.807, 2.05) is 25.1 Å². The summed E-state index contributed by atoms with van der Waals surface area (Å²) in [5.41, 5.74) is 0.912. The molecule has 1 atom stereocenters. The van der Waals surface area contributed by atoms with Gasteiger partial charge in [0.2, 0.25) is 15.9 Å². The van der Waals surface area contributed by atoms with Crippen LogP contribution < -0.4 is 14.8 Å². The van der Waals surface area contributed by atoms with Crippen molar-refractivity contribution in [2.24, 2.45) is 5.92 Å². The van der Waals surface area contributed by atoms with Gasteiger partial charge >= 0.3 is 0 Å². The average Bonchev–Trinajstić information content (AvgIpc) is 2.82. The van der Waals surface area contributed by atoms with Gasteiger partial charge in [-0.3, -0.25) is 4.79 Å². The summed E-state index contributed by atoms with van der Waals surface area (Å²) < 4.78 is 50.7. The van der Waals surface area contributed by atoms with Crippen molar-refractivity contribution >= 4 is 15.9 Å². The summed E-state index contributed by atoms with van der Waals surface area (Å²) in [6.07, 6.45) is 1.54. The average molecular weight is 465 g/mol. The molecule has 1 heterocycles. The molecule has 0 saturated carbocycles. The van der Waals surface area contributed by atoms with Crippen LogP contribution in [0.4, 0.5) is 4.39 Å². The normalized spacial score (nSPS) is 16.4. The highest BCUT2D eigenvalue weighted by molar-refractivity contribution is 7.89. The van der Waals surface area contributed by atoms with Crippen molar-refractivity contribution in [3.8, 4) is 11.5 Å². The Labute approximate surface area is 188 Å². The quantitative estimate of drug-likeness (QED) is 0.646. The Hall–Kier alpha value is -2.65. The number of methoxy groups -OCH3 is 2. The zero-order valence-corrected chi connectivity index (χ0v) is 19.3. The van der Waals surface area contributed by atoms with Crippen LogP contribution in [0.1, 0.15) is 37.8 Å². The zero-order valence-electron chi connectivity index (χ0n) is 18.5. The summed E-state index contributed by atoms with van der Waals surface area (Å²) in [6, 6.07) is 10.2. The monoisotopic (exact) mass is 464 g/mol. The smallest absolute Gasteiger partial charge is 0.243 e. The van der Waals surface area contributed by atoms with Gasteiger partial charge in [0.15, 0.2) is 11.5 Å². The molecule has 1 saturated heterocycles. The van der Waals surface area contributed by atoms with Crippen LogP contribution in [-0.2, 0) is 14.8 Å². The van der Waals surface area contributed by atoms with E-state index in [2.05, 4.69) is 5.32 Å². The Bertz CT molecular complexity index is 1030. The molecule has 2 aromatic rings. The molecule has 32 heavy (non-hydrogen) atoms. The summed E-state index contributed by atoms with van der Waals surface area (Å²) >= 11 is 0. The van der Waals surface area contributed by atoms with E-state index in [9.17, 15) is 17.6 Å². The number of piperidine rings is 1. The van der Waals surface area contributed by atoms with Crippen LogP contribution in [0.3, 0.4) is 0 Å². The van der Waals surface area contributed by atoms with Crippen LogP contribution in [0.25, 0.3) is 0 Å². The maximum Gasteiger partial charge on any atom is 0.243 e. The number of ether oxygens (including phenoxy) is 2. The van der Waals surface area contributed by atoms with Gasteiger partial charge in [-0.25, -0.2) is 12.8 Å². The fourth-order valence-electron chi connectivity index (χ4n) is 3.89. The topological polar surface area (TPSA) is 84.9 Å². The first-order valence-corrected chi connectivity index (χ1v) is 12.0. The number of hydrogen-bond donors (Lipinski definition) is 1. The molecule has 3 rings (SSSR count). The molecular formula is C23H29FN2O5S. The van der Waals surface area contributed by atoms with Crippen molar-refractivity contribution < 1.29 is 27.1 Å². The molecule has 0 spiro atoms. The second-order valence-electron chi connectivity index (χ2n) is 7.72. The Morgan fingerprint density at radius 2 is 1.72 bits per heavy atom. The number of carbonyl (C=O) groups is 1. The van der Waals surface area contributed by atoms with Gasteiger partial charge in [-0.15, -0.1) is 0 Å². The van der Waals surface area contributed by atoms with Crippen LogP contribution in [-0.4, -0.2) is 45.9 Å². The summed E-state index contributed by atoms with van der Waals surface area (Å²) in [7, 11) is -0.571. The maximum atomic E-state index is 13.1. The third kappa shape index (κ3) is 5.21. The van der Waals surface area contributed by atoms with Crippen molar-refractivity contribution in [1.29, 1.82) is 0 Å². The summed E-state index contributed by atoms with van der Waals surface area (Å²) in [6.45, 7) is 2.47. The molecule has 0 bridgehead atoms. The SMILES string of the molecule is CC[C@@H](NC(=O)C1CCN(S(=O)(=O)c2ccc(F)cc2)CC1)c1ccc(OC)c(OC)c1. The lowest BCUT2D eigenvalue weighted by atomic mass is 9.95. The molecule has 1 amide bonds. The molecule has 174 valence electrons. The number of amides is 1. The van der Waals surface area contributed by atoms with Crippen molar-refractivity contribution in [2.45, 2.75) is 37.1 Å². The van der Waals surface area contributed by atoms with E-state index >= 15 is 0 Å². The molecule has 0 unspecified atom stereocenters. The van der Waals surface area contributed by atoms with E-state index in [4.69, 9.17) is 9.47 Å². The molecule has 7 nitrogen and oxygen atoms in total. The molecule has 1 aliphatic heterocycles.